The van der Waals surface area contributed by atoms with Crippen LogP contribution in [-0.4, -0.2) is 88.2 Å². The topological polar surface area (TPSA) is 107 Å². The molecule has 0 aliphatic carbocycles. The second-order valence-corrected chi connectivity index (χ2v) is 9.46. The molecular weight excluding hydrogens is 490 g/mol. The predicted molar refractivity (Wildman–Crippen MR) is 145 cm³/mol. The van der Waals surface area contributed by atoms with Gasteiger partial charge in [-0.25, -0.2) is 9.97 Å². The number of amides is 1. The number of nitrogens with zero attached hydrogens (tertiary/aromatic N) is 5. The van der Waals surface area contributed by atoms with Crippen molar-refractivity contribution in [3.05, 3.63) is 71.0 Å². The zero-order valence-corrected chi connectivity index (χ0v) is 21.9. The van der Waals surface area contributed by atoms with E-state index in [1.54, 1.807) is 6.20 Å². The van der Waals surface area contributed by atoms with E-state index < -0.39 is 0 Å². The molecule has 1 saturated heterocycles. The number of piperazine rings is 1. The van der Waals surface area contributed by atoms with E-state index in [1.165, 1.54) is 0 Å². The summed E-state index contributed by atoms with van der Waals surface area (Å²) in [4.78, 5) is 30.9. The van der Waals surface area contributed by atoms with Gasteiger partial charge in [0, 0.05) is 58.4 Å². The smallest absolute Gasteiger partial charge is 0.221 e. The molecule has 3 aromatic rings. The summed E-state index contributed by atoms with van der Waals surface area (Å²) in [5.74, 6) is 0.989. The van der Waals surface area contributed by atoms with Crippen molar-refractivity contribution in [2.45, 2.75) is 19.4 Å². The number of aliphatic hydroxyl groups excluding tert-OH is 1. The molecular formula is C27H34ClN7O2. The maximum atomic E-state index is 12.9. The summed E-state index contributed by atoms with van der Waals surface area (Å²) in [5.41, 5.74) is 2.31. The second kappa shape index (κ2) is 13.4. The minimum absolute atomic E-state index is 0.00687. The maximum Gasteiger partial charge on any atom is 0.221 e. The zero-order valence-electron chi connectivity index (χ0n) is 21.1. The highest BCUT2D eigenvalue weighted by molar-refractivity contribution is 6.33. The van der Waals surface area contributed by atoms with Crippen molar-refractivity contribution in [1.29, 1.82) is 0 Å². The van der Waals surface area contributed by atoms with E-state index in [-0.39, 0.29) is 18.6 Å². The number of aromatic nitrogens is 3. The van der Waals surface area contributed by atoms with Gasteiger partial charge in [0.2, 0.25) is 5.91 Å². The lowest BCUT2D eigenvalue weighted by Gasteiger charge is -2.34. The SMILES string of the molecule is Cc1nc(-c2ccccn2)nc(NC[C@H](NC(=O)CCN2CCN(CCO)CC2)c2ccccc2)c1Cl. The Hall–Kier alpha value is -3.11. The normalized spacial score (nSPS) is 15.3. The number of hydrogen-bond acceptors (Lipinski definition) is 8. The first-order valence-electron chi connectivity index (χ1n) is 12.6. The average Bonchev–Trinajstić information content (AvgIpc) is 2.93. The minimum atomic E-state index is -0.264. The molecule has 0 radical (unpaired) electrons. The van der Waals surface area contributed by atoms with Gasteiger partial charge in [0.1, 0.15) is 16.5 Å². The van der Waals surface area contributed by atoms with Crippen molar-refractivity contribution in [1.82, 2.24) is 30.1 Å². The molecule has 0 bridgehead atoms. The van der Waals surface area contributed by atoms with Crippen LogP contribution in [0.4, 0.5) is 5.82 Å². The molecule has 37 heavy (non-hydrogen) atoms. The van der Waals surface area contributed by atoms with Crippen LogP contribution in [0.15, 0.2) is 54.7 Å². The van der Waals surface area contributed by atoms with Crippen molar-refractivity contribution in [2.24, 2.45) is 0 Å². The van der Waals surface area contributed by atoms with Crippen LogP contribution in [0.3, 0.4) is 0 Å². The van der Waals surface area contributed by atoms with Crippen molar-refractivity contribution in [3.8, 4) is 11.5 Å². The number of carbonyl (C=O) groups is 1. The van der Waals surface area contributed by atoms with Crippen molar-refractivity contribution >= 4 is 23.3 Å². The van der Waals surface area contributed by atoms with E-state index in [9.17, 15) is 4.79 Å². The number of benzene rings is 1. The summed E-state index contributed by atoms with van der Waals surface area (Å²) in [6, 6.07) is 15.2. The molecule has 1 aromatic carbocycles. The highest BCUT2D eigenvalue weighted by Gasteiger charge is 2.20. The van der Waals surface area contributed by atoms with E-state index in [1.807, 2.05) is 55.5 Å². The molecule has 0 saturated carbocycles. The van der Waals surface area contributed by atoms with Crippen LogP contribution in [0.1, 0.15) is 23.7 Å². The predicted octanol–water partition coefficient (Wildman–Crippen LogP) is 2.77. The van der Waals surface area contributed by atoms with Crippen LogP contribution in [0.2, 0.25) is 5.02 Å². The van der Waals surface area contributed by atoms with Gasteiger partial charge in [-0.05, 0) is 24.6 Å². The van der Waals surface area contributed by atoms with Gasteiger partial charge in [-0.2, -0.15) is 0 Å². The fourth-order valence-corrected chi connectivity index (χ4v) is 4.48. The van der Waals surface area contributed by atoms with E-state index in [0.717, 1.165) is 31.7 Å². The van der Waals surface area contributed by atoms with E-state index in [2.05, 4.69) is 35.4 Å². The van der Waals surface area contributed by atoms with Gasteiger partial charge in [0.25, 0.3) is 0 Å². The molecule has 3 heterocycles. The average molecular weight is 524 g/mol. The third-order valence-electron chi connectivity index (χ3n) is 6.46. The van der Waals surface area contributed by atoms with Crippen LogP contribution in [0.5, 0.6) is 0 Å². The van der Waals surface area contributed by atoms with Gasteiger partial charge in [0.15, 0.2) is 5.82 Å². The summed E-state index contributed by atoms with van der Waals surface area (Å²) < 4.78 is 0. The highest BCUT2D eigenvalue weighted by Crippen LogP contribution is 2.26. The van der Waals surface area contributed by atoms with Crippen molar-refractivity contribution in [3.63, 3.8) is 0 Å². The third-order valence-corrected chi connectivity index (χ3v) is 6.91. The Kier molecular flexibility index (Phi) is 9.78. The van der Waals surface area contributed by atoms with Crippen LogP contribution in [0.25, 0.3) is 11.5 Å². The van der Waals surface area contributed by atoms with Crippen molar-refractivity contribution < 1.29 is 9.90 Å². The number of nitrogens with one attached hydrogen (secondary N) is 2. The first-order valence-corrected chi connectivity index (χ1v) is 13.0. The molecule has 1 aliphatic heterocycles. The number of aliphatic hydroxyl groups is 1. The van der Waals surface area contributed by atoms with Gasteiger partial charge >= 0.3 is 0 Å². The summed E-state index contributed by atoms with van der Waals surface area (Å²) in [7, 11) is 0. The van der Waals surface area contributed by atoms with Crippen LogP contribution in [0, 0.1) is 6.92 Å². The highest BCUT2D eigenvalue weighted by atomic mass is 35.5. The van der Waals surface area contributed by atoms with E-state index >= 15 is 0 Å². The Morgan fingerprint density at radius 1 is 1.03 bits per heavy atom. The Labute approximate surface area is 222 Å². The molecule has 1 atom stereocenters. The summed E-state index contributed by atoms with van der Waals surface area (Å²) in [6.45, 7) is 7.48. The van der Waals surface area contributed by atoms with E-state index in [0.29, 0.717) is 54.1 Å². The molecule has 196 valence electrons. The Morgan fingerprint density at radius 3 is 2.41 bits per heavy atom. The maximum absolute atomic E-state index is 12.9. The number of halogens is 1. The Balaban J connectivity index is 1.39. The first-order chi connectivity index (χ1) is 18.0. The van der Waals surface area contributed by atoms with Crippen molar-refractivity contribution in [2.75, 3.05) is 57.7 Å². The summed E-state index contributed by atoms with van der Waals surface area (Å²) in [6.07, 6.45) is 2.12. The second-order valence-electron chi connectivity index (χ2n) is 9.08. The van der Waals surface area contributed by atoms with Gasteiger partial charge in [0.05, 0.1) is 18.3 Å². The first kappa shape index (κ1) is 26.9. The zero-order chi connectivity index (χ0) is 26.0. The molecule has 9 nitrogen and oxygen atoms in total. The number of pyridine rings is 1. The lowest BCUT2D eigenvalue weighted by Crippen LogP contribution is -2.48. The fraction of sp³-hybridized carbons (Fsp3) is 0.407. The molecule has 3 N–H and O–H groups in total. The van der Waals surface area contributed by atoms with Crippen LogP contribution in [-0.2, 0) is 4.79 Å². The summed E-state index contributed by atoms with van der Waals surface area (Å²) >= 11 is 6.54. The number of hydrogen-bond donors (Lipinski definition) is 3. The lowest BCUT2D eigenvalue weighted by molar-refractivity contribution is -0.122. The third kappa shape index (κ3) is 7.69. The Bertz CT molecular complexity index is 1140. The van der Waals surface area contributed by atoms with Gasteiger partial charge in [-0.15, -0.1) is 0 Å². The molecule has 0 unspecified atom stereocenters. The molecule has 0 spiro atoms. The molecule has 10 heteroatoms. The van der Waals surface area contributed by atoms with Gasteiger partial charge in [-0.1, -0.05) is 48.0 Å². The van der Waals surface area contributed by atoms with Crippen LogP contribution >= 0.6 is 11.6 Å². The lowest BCUT2D eigenvalue weighted by atomic mass is 10.1. The molecule has 1 amide bonds. The Morgan fingerprint density at radius 2 is 1.73 bits per heavy atom. The number of carbonyl (C=O) groups excluding carboxylic acids is 1. The number of anilines is 1. The fourth-order valence-electron chi connectivity index (χ4n) is 4.33. The minimum Gasteiger partial charge on any atom is -0.395 e. The van der Waals surface area contributed by atoms with E-state index in [4.69, 9.17) is 16.7 Å². The summed E-state index contributed by atoms with van der Waals surface area (Å²) in [5, 5.41) is 16.1. The number of rotatable bonds is 11. The largest absolute Gasteiger partial charge is 0.395 e. The van der Waals surface area contributed by atoms with Gasteiger partial charge in [-0.3, -0.25) is 14.7 Å². The molecule has 2 aromatic heterocycles. The molecule has 1 aliphatic rings. The monoisotopic (exact) mass is 523 g/mol. The molecule has 4 rings (SSSR count). The number of β-amino-alcohol motifs (C(OH)–C–C–N with tert-alkyl or cyclic N) is 1. The van der Waals surface area contributed by atoms with Gasteiger partial charge < -0.3 is 20.6 Å². The molecule has 1 fully saturated rings. The van der Waals surface area contributed by atoms with Crippen LogP contribution < -0.4 is 10.6 Å². The number of aryl methyl sites for hydroxylation is 1. The standard InChI is InChI=1S/C27H34ClN7O2/c1-20-25(28)27(33-26(31-20)22-9-5-6-11-29-22)30-19-23(21-7-3-2-4-8-21)32-24(37)10-12-34-13-15-35(16-14-34)17-18-36/h2-9,11,23,36H,10,12-19H2,1H3,(H,32,37)(H,30,31,33)/t23-/m0/s1. The quantitative estimate of drug-likeness (QED) is 0.352.